The molecule has 0 aliphatic carbocycles. The number of amides is 1. The molecular weight excluding hydrogens is 574 g/mol. The van der Waals surface area contributed by atoms with Crippen molar-refractivity contribution in [1.82, 2.24) is 0 Å². The van der Waals surface area contributed by atoms with Gasteiger partial charge in [0.25, 0.3) is 20.0 Å². The molecule has 1 aliphatic heterocycles. The van der Waals surface area contributed by atoms with Gasteiger partial charge < -0.3 is 10.1 Å². The highest BCUT2D eigenvalue weighted by molar-refractivity contribution is 7.93. The number of carbonyl (C=O) groups is 1. The number of aryl methyl sites for hydroxylation is 1. The number of methoxy groups -OCH3 is 1. The summed E-state index contributed by atoms with van der Waals surface area (Å²) >= 11 is 5.99. The molecule has 0 saturated carbocycles. The monoisotopic (exact) mass is 597 g/mol. The fourth-order valence-electron chi connectivity index (χ4n) is 4.43. The van der Waals surface area contributed by atoms with Gasteiger partial charge in [0.05, 0.1) is 28.3 Å². The van der Waals surface area contributed by atoms with E-state index in [-0.39, 0.29) is 15.5 Å². The number of nitrogens with one attached hydrogen (secondary N) is 2. The van der Waals surface area contributed by atoms with Crippen LogP contribution in [0, 0.1) is 6.92 Å². The van der Waals surface area contributed by atoms with E-state index in [9.17, 15) is 21.6 Å². The highest BCUT2D eigenvalue weighted by atomic mass is 35.5. The van der Waals surface area contributed by atoms with E-state index in [2.05, 4.69) is 10.0 Å². The molecular formula is C28H24ClN3O6S2. The Balaban J connectivity index is 1.35. The van der Waals surface area contributed by atoms with E-state index in [1.54, 1.807) is 42.5 Å². The molecule has 2 N–H and O–H groups in total. The Hall–Kier alpha value is -4.06. The molecule has 4 aromatic carbocycles. The van der Waals surface area contributed by atoms with Crippen LogP contribution in [0.4, 0.5) is 17.1 Å². The molecule has 0 saturated heterocycles. The Bertz CT molecular complexity index is 1840. The minimum atomic E-state index is -4.00. The average molecular weight is 598 g/mol. The number of hydrogen-bond donors (Lipinski definition) is 2. The summed E-state index contributed by atoms with van der Waals surface area (Å²) in [6, 6.07) is 22.1. The van der Waals surface area contributed by atoms with Crippen molar-refractivity contribution >= 4 is 54.6 Å². The van der Waals surface area contributed by atoms with E-state index in [1.165, 1.54) is 43.5 Å². The predicted octanol–water partition coefficient (Wildman–Crippen LogP) is 5.27. The molecule has 1 aliphatic rings. The number of hydrogen-bond acceptors (Lipinski definition) is 6. The van der Waals surface area contributed by atoms with E-state index in [0.717, 1.165) is 15.4 Å². The number of carbonyl (C=O) groups excluding carboxylic acids is 1. The third-order valence-corrected chi connectivity index (χ3v) is 9.74. The van der Waals surface area contributed by atoms with Crippen molar-refractivity contribution in [1.29, 1.82) is 0 Å². The summed E-state index contributed by atoms with van der Waals surface area (Å²) in [5.74, 6) is -0.296. The molecule has 9 nitrogen and oxygen atoms in total. The molecule has 1 amide bonds. The lowest BCUT2D eigenvalue weighted by molar-refractivity contribution is -0.114. The third-order valence-electron chi connectivity index (χ3n) is 6.31. The van der Waals surface area contributed by atoms with Crippen LogP contribution in [0.5, 0.6) is 5.75 Å². The van der Waals surface area contributed by atoms with E-state index in [0.29, 0.717) is 27.7 Å². The zero-order valence-electron chi connectivity index (χ0n) is 21.4. The molecule has 206 valence electrons. The lowest BCUT2D eigenvalue weighted by Crippen LogP contribution is -2.40. The van der Waals surface area contributed by atoms with E-state index < -0.39 is 32.5 Å². The first kappa shape index (κ1) is 27.5. The van der Waals surface area contributed by atoms with Crippen molar-refractivity contribution in [2.45, 2.75) is 16.7 Å². The molecule has 4 aromatic rings. The highest BCUT2D eigenvalue weighted by Crippen LogP contribution is 2.43. The third kappa shape index (κ3) is 5.23. The van der Waals surface area contributed by atoms with E-state index in [4.69, 9.17) is 16.3 Å². The Morgan fingerprint density at radius 2 is 1.68 bits per heavy atom. The van der Waals surface area contributed by atoms with Crippen LogP contribution in [-0.2, 0) is 24.8 Å². The van der Waals surface area contributed by atoms with Gasteiger partial charge >= 0.3 is 0 Å². The zero-order chi connectivity index (χ0) is 28.7. The van der Waals surface area contributed by atoms with E-state index >= 15 is 0 Å². The number of benzene rings is 4. The maximum atomic E-state index is 13.5. The zero-order valence-corrected chi connectivity index (χ0v) is 23.8. The second kappa shape index (κ2) is 10.5. The normalized spacial score (nSPS) is 13.6. The molecule has 0 atom stereocenters. The van der Waals surface area contributed by atoms with Gasteiger partial charge in [0, 0.05) is 21.8 Å². The second-order valence-electron chi connectivity index (χ2n) is 9.05. The van der Waals surface area contributed by atoms with Crippen molar-refractivity contribution < 1.29 is 26.4 Å². The van der Waals surface area contributed by atoms with Crippen molar-refractivity contribution in [3.8, 4) is 16.9 Å². The first-order chi connectivity index (χ1) is 19.0. The molecule has 0 spiro atoms. The number of sulfonamides is 2. The van der Waals surface area contributed by atoms with Gasteiger partial charge in [-0.25, -0.2) is 16.8 Å². The predicted molar refractivity (Wildman–Crippen MR) is 155 cm³/mol. The molecule has 0 unspecified atom stereocenters. The summed E-state index contributed by atoms with van der Waals surface area (Å²) in [5, 5.41) is 2.98. The number of anilines is 3. The number of halogens is 1. The summed E-state index contributed by atoms with van der Waals surface area (Å²) in [6.45, 7) is 1.44. The molecule has 5 rings (SSSR count). The molecule has 0 fully saturated rings. The van der Waals surface area contributed by atoms with Crippen LogP contribution in [0.1, 0.15) is 5.56 Å². The summed E-state index contributed by atoms with van der Waals surface area (Å²) in [4.78, 5) is 13.1. The van der Waals surface area contributed by atoms with Gasteiger partial charge in [-0.15, -0.1) is 0 Å². The molecule has 12 heteroatoms. The Morgan fingerprint density at radius 1 is 0.950 bits per heavy atom. The van der Waals surface area contributed by atoms with Crippen LogP contribution >= 0.6 is 11.6 Å². The summed E-state index contributed by atoms with van der Waals surface area (Å²) in [6.07, 6.45) is 0. The maximum absolute atomic E-state index is 13.5. The molecule has 1 heterocycles. The van der Waals surface area contributed by atoms with Crippen LogP contribution in [-0.4, -0.2) is 36.4 Å². The molecule has 0 radical (unpaired) electrons. The van der Waals surface area contributed by atoms with Crippen LogP contribution < -0.4 is 19.1 Å². The van der Waals surface area contributed by atoms with Gasteiger partial charge in [-0.05, 0) is 67.6 Å². The Kier molecular flexibility index (Phi) is 7.21. The SMILES string of the molecule is COc1ccc(Cl)cc1NS(=O)(=O)c1ccc(NC(=O)CN2c3ccc(C)cc3-c3ccccc3S2(=O)=O)cc1. The topological polar surface area (TPSA) is 122 Å². The maximum Gasteiger partial charge on any atom is 0.265 e. The number of rotatable bonds is 7. The van der Waals surface area contributed by atoms with Crippen LogP contribution in [0.15, 0.2) is 94.7 Å². The van der Waals surface area contributed by atoms with Crippen molar-refractivity contribution in [2.24, 2.45) is 0 Å². The fourth-order valence-corrected chi connectivity index (χ4v) is 7.31. The van der Waals surface area contributed by atoms with Gasteiger partial charge in [-0.2, -0.15) is 0 Å². The molecule has 0 aromatic heterocycles. The summed E-state index contributed by atoms with van der Waals surface area (Å²) in [7, 11) is -6.59. The minimum absolute atomic E-state index is 0.0629. The first-order valence-corrected chi connectivity index (χ1v) is 15.3. The minimum Gasteiger partial charge on any atom is -0.495 e. The highest BCUT2D eigenvalue weighted by Gasteiger charge is 2.35. The summed E-state index contributed by atoms with van der Waals surface area (Å²) < 4.78 is 61.5. The first-order valence-electron chi connectivity index (χ1n) is 12.0. The smallest absolute Gasteiger partial charge is 0.265 e. The second-order valence-corrected chi connectivity index (χ2v) is 13.0. The van der Waals surface area contributed by atoms with Crippen LogP contribution in [0.2, 0.25) is 5.02 Å². The lowest BCUT2D eigenvalue weighted by atomic mass is 10.0. The fraction of sp³-hybridized carbons (Fsp3) is 0.107. The van der Waals surface area contributed by atoms with Gasteiger partial charge in [-0.1, -0.05) is 41.4 Å². The number of fused-ring (bicyclic) bond motifs is 3. The van der Waals surface area contributed by atoms with Crippen molar-refractivity contribution in [2.75, 3.05) is 28.0 Å². The summed E-state index contributed by atoms with van der Waals surface area (Å²) in [5.41, 5.74) is 3.13. The van der Waals surface area contributed by atoms with Crippen molar-refractivity contribution in [3.05, 3.63) is 95.5 Å². The number of nitrogens with zero attached hydrogens (tertiary/aromatic N) is 1. The van der Waals surface area contributed by atoms with Gasteiger partial charge in [0.2, 0.25) is 5.91 Å². The average Bonchev–Trinajstić information content (AvgIpc) is 2.91. The van der Waals surface area contributed by atoms with Crippen LogP contribution in [0.25, 0.3) is 11.1 Å². The van der Waals surface area contributed by atoms with Gasteiger partial charge in [0.15, 0.2) is 0 Å². The largest absolute Gasteiger partial charge is 0.495 e. The van der Waals surface area contributed by atoms with Gasteiger partial charge in [0.1, 0.15) is 12.3 Å². The Morgan fingerprint density at radius 3 is 2.40 bits per heavy atom. The molecule has 40 heavy (non-hydrogen) atoms. The Labute approximate surface area is 237 Å². The van der Waals surface area contributed by atoms with Crippen LogP contribution in [0.3, 0.4) is 0 Å². The van der Waals surface area contributed by atoms with E-state index in [1.807, 2.05) is 13.0 Å². The standard InChI is InChI=1S/C28H24ClN3O6S2/c1-18-7-13-25-23(15-18)22-5-3-4-6-27(22)40(36,37)32(25)17-28(33)30-20-9-11-21(12-10-20)39(34,35)31-24-16-19(29)8-14-26(24)38-2/h3-16,31H,17H2,1-2H3,(H,30,33). The quantitative estimate of drug-likeness (QED) is 0.299. The lowest BCUT2D eigenvalue weighted by Gasteiger charge is -2.31. The number of ether oxygens (including phenoxy) is 1. The van der Waals surface area contributed by atoms with Crippen molar-refractivity contribution in [3.63, 3.8) is 0 Å². The van der Waals surface area contributed by atoms with Gasteiger partial charge in [-0.3, -0.25) is 13.8 Å². The molecule has 0 bridgehead atoms.